The number of hydrogen-bond donors (Lipinski definition) is 0. The van der Waals surface area contributed by atoms with Crippen molar-refractivity contribution in [1.82, 2.24) is 0 Å². The fourth-order valence-electron chi connectivity index (χ4n) is 0.772. The van der Waals surface area contributed by atoms with E-state index in [0.29, 0.717) is 5.75 Å². The van der Waals surface area contributed by atoms with E-state index in [4.69, 9.17) is 4.74 Å². The zero-order chi connectivity index (χ0) is 8.27. The van der Waals surface area contributed by atoms with Gasteiger partial charge in [0.15, 0.2) is 0 Å². The molecule has 11 heavy (non-hydrogen) atoms. The molecule has 3 heteroatoms. The van der Waals surface area contributed by atoms with Crippen LogP contribution in [0.5, 0.6) is 5.75 Å². The van der Waals surface area contributed by atoms with E-state index in [1.54, 1.807) is 6.07 Å². The van der Waals surface area contributed by atoms with Gasteiger partial charge in [0, 0.05) is 11.6 Å². The molecule has 0 aliphatic rings. The maximum Gasteiger partial charge on any atom is 0.132 e. The summed E-state index contributed by atoms with van der Waals surface area (Å²) in [5.74, 6) is -0.0703. The van der Waals surface area contributed by atoms with Gasteiger partial charge in [0.2, 0.25) is 0 Å². The second kappa shape index (κ2) is 3.34. The molecule has 0 saturated carbocycles. The predicted molar refractivity (Wildman–Crippen MR) is 37.3 cm³/mol. The first-order valence-electron chi connectivity index (χ1n) is 3.18. The first kappa shape index (κ1) is 8.01. The number of halogens is 1. The van der Waals surface area contributed by atoms with Crippen molar-refractivity contribution in [2.45, 2.75) is 6.61 Å². The number of rotatable bonds is 2. The van der Waals surface area contributed by atoms with Gasteiger partial charge in [0.25, 0.3) is 0 Å². The number of hydrogen-bond acceptors (Lipinski definition) is 1. The number of benzene rings is 1. The second-order valence-electron chi connectivity index (χ2n) is 2.10. The van der Waals surface area contributed by atoms with Crippen molar-refractivity contribution in [1.29, 1.82) is 0 Å². The second-order valence-corrected chi connectivity index (χ2v) is 2.10. The van der Waals surface area contributed by atoms with Crippen molar-refractivity contribution in [3.05, 3.63) is 29.6 Å². The van der Waals surface area contributed by atoms with Crippen LogP contribution in [0.2, 0.25) is 0 Å². The fraction of sp³-hybridized carbons (Fsp3) is 0.250. The van der Waals surface area contributed by atoms with Gasteiger partial charge in [0.1, 0.15) is 18.2 Å². The topological polar surface area (TPSA) is 29.1 Å². The normalized spacial score (nSPS) is 9.73. The number of ether oxygens (including phenoxy) is 1. The minimum absolute atomic E-state index is 0.172. The third kappa shape index (κ3) is 1.68. The molecule has 0 N–H and O–H groups in total. The fourth-order valence-corrected chi connectivity index (χ4v) is 0.772. The monoisotopic (exact) mass is 155 g/mol. The summed E-state index contributed by atoms with van der Waals surface area (Å²) < 4.78 is 17.5. The van der Waals surface area contributed by atoms with E-state index in [2.05, 4.69) is 0 Å². The molecule has 1 radical (unpaired) electrons. The van der Waals surface area contributed by atoms with E-state index in [-0.39, 0.29) is 5.56 Å². The highest BCUT2D eigenvalue weighted by molar-refractivity contribution is 5.28. The largest absolute Gasteiger partial charge is 0.497 e. The van der Waals surface area contributed by atoms with Crippen molar-refractivity contribution in [3.63, 3.8) is 0 Å². The lowest BCUT2D eigenvalue weighted by molar-refractivity contribution is 0.174. The zero-order valence-electron chi connectivity index (χ0n) is 6.13. The Morgan fingerprint density at radius 2 is 2.27 bits per heavy atom. The molecule has 0 saturated heterocycles. The first-order valence-corrected chi connectivity index (χ1v) is 3.18. The van der Waals surface area contributed by atoms with Crippen molar-refractivity contribution >= 4 is 0 Å². The van der Waals surface area contributed by atoms with Crippen LogP contribution in [-0.4, -0.2) is 7.11 Å². The minimum Gasteiger partial charge on any atom is -0.497 e. The van der Waals surface area contributed by atoms with Crippen LogP contribution in [0.15, 0.2) is 18.2 Å². The SMILES string of the molecule is COc1ccc(C[O])c(F)c1. The lowest BCUT2D eigenvalue weighted by Crippen LogP contribution is -1.90. The van der Waals surface area contributed by atoms with Gasteiger partial charge < -0.3 is 4.74 Å². The summed E-state index contributed by atoms with van der Waals surface area (Å²) in [6, 6.07) is 4.20. The summed E-state index contributed by atoms with van der Waals surface area (Å²) in [5, 5.41) is 10.3. The van der Waals surface area contributed by atoms with E-state index < -0.39 is 12.4 Å². The molecule has 0 spiro atoms. The molecule has 0 atom stereocenters. The Labute approximate surface area is 64.2 Å². The van der Waals surface area contributed by atoms with E-state index in [0.717, 1.165) is 0 Å². The molecule has 0 bridgehead atoms. The molecular formula is C8H8FO2. The van der Waals surface area contributed by atoms with Crippen LogP contribution >= 0.6 is 0 Å². The Bertz CT molecular complexity index is 248. The van der Waals surface area contributed by atoms with Crippen LogP contribution in [0.25, 0.3) is 0 Å². The Hall–Kier alpha value is -1.09. The molecule has 59 valence electrons. The molecule has 0 aliphatic heterocycles. The summed E-state index contributed by atoms with van der Waals surface area (Å²) in [6.07, 6.45) is 0. The average Bonchev–Trinajstić information content (AvgIpc) is 2.04. The molecule has 0 aromatic heterocycles. The third-order valence-electron chi connectivity index (χ3n) is 1.42. The smallest absolute Gasteiger partial charge is 0.132 e. The molecule has 0 amide bonds. The molecule has 0 fully saturated rings. The van der Waals surface area contributed by atoms with Crippen LogP contribution in [0.1, 0.15) is 5.56 Å². The van der Waals surface area contributed by atoms with Crippen molar-refractivity contribution in [2.75, 3.05) is 7.11 Å². The Balaban J connectivity index is 2.99. The van der Waals surface area contributed by atoms with Gasteiger partial charge >= 0.3 is 0 Å². The van der Waals surface area contributed by atoms with Gasteiger partial charge in [0.05, 0.1) is 7.11 Å². The van der Waals surface area contributed by atoms with Crippen LogP contribution in [0.4, 0.5) is 4.39 Å². The van der Waals surface area contributed by atoms with Crippen LogP contribution in [0, 0.1) is 5.82 Å². The summed E-state index contributed by atoms with van der Waals surface area (Å²) in [6.45, 7) is -0.532. The summed E-state index contributed by atoms with van der Waals surface area (Å²) in [7, 11) is 1.45. The van der Waals surface area contributed by atoms with Crippen molar-refractivity contribution < 1.29 is 14.2 Å². The molecular weight excluding hydrogens is 147 g/mol. The summed E-state index contributed by atoms with van der Waals surface area (Å²) in [4.78, 5) is 0. The minimum atomic E-state index is -0.532. The Kier molecular flexibility index (Phi) is 2.44. The molecule has 1 aromatic rings. The molecule has 0 aliphatic carbocycles. The highest BCUT2D eigenvalue weighted by Crippen LogP contribution is 2.15. The van der Waals surface area contributed by atoms with E-state index in [1.165, 1.54) is 19.2 Å². The van der Waals surface area contributed by atoms with E-state index >= 15 is 0 Å². The van der Waals surface area contributed by atoms with E-state index in [9.17, 15) is 9.50 Å². The predicted octanol–water partition coefficient (Wildman–Crippen LogP) is 1.76. The van der Waals surface area contributed by atoms with Gasteiger partial charge in [-0.25, -0.2) is 9.50 Å². The Morgan fingerprint density at radius 3 is 2.73 bits per heavy atom. The molecule has 2 nitrogen and oxygen atoms in total. The highest BCUT2D eigenvalue weighted by Gasteiger charge is 2.01. The first-order chi connectivity index (χ1) is 5.27. The van der Waals surface area contributed by atoms with Crippen LogP contribution in [0.3, 0.4) is 0 Å². The lowest BCUT2D eigenvalue weighted by atomic mass is 10.2. The van der Waals surface area contributed by atoms with E-state index in [1.807, 2.05) is 0 Å². The molecule has 0 heterocycles. The van der Waals surface area contributed by atoms with Crippen LogP contribution in [-0.2, 0) is 11.7 Å². The van der Waals surface area contributed by atoms with Gasteiger partial charge in [-0.3, -0.25) is 0 Å². The summed E-state index contributed by atoms with van der Waals surface area (Å²) >= 11 is 0. The van der Waals surface area contributed by atoms with Crippen molar-refractivity contribution in [3.8, 4) is 5.75 Å². The van der Waals surface area contributed by atoms with Gasteiger partial charge in [-0.05, 0) is 12.1 Å². The van der Waals surface area contributed by atoms with Gasteiger partial charge in [-0.2, -0.15) is 0 Å². The lowest BCUT2D eigenvalue weighted by Gasteiger charge is -2.01. The average molecular weight is 155 g/mol. The maximum absolute atomic E-state index is 12.8. The van der Waals surface area contributed by atoms with Crippen LogP contribution < -0.4 is 4.74 Å². The standard InChI is InChI=1S/C8H8FO2/c1-11-7-3-2-6(5-10)8(9)4-7/h2-4H,5H2,1H3. The molecule has 0 unspecified atom stereocenters. The third-order valence-corrected chi connectivity index (χ3v) is 1.42. The quantitative estimate of drug-likeness (QED) is 0.639. The van der Waals surface area contributed by atoms with Crippen molar-refractivity contribution in [2.24, 2.45) is 0 Å². The zero-order valence-corrected chi connectivity index (χ0v) is 6.13. The Morgan fingerprint density at radius 1 is 1.55 bits per heavy atom. The highest BCUT2D eigenvalue weighted by atomic mass is 19.1. The number of methoxy groups -OCH3 is 1. The van der Waals surface area contributed by atoms with Gasteiger partial charge in [-0.1, -0.05) is 0 Å². The molecule has 1 aromatic carbocycles. The summed E-state index contributed by atoms with van der Waals surface area (Å²) in [5.41, 5.74) is 0.172. The van der Waals surface area contributed by atoms with Gasteiger partial charge in [-0.15, -0.1) is 0 Å². The molecule has 1 rings (SSSR count). The maximum atomic E-state index is 12.8.